The van der Waals surface area contributed by atoms with Crippen molar-refractivity contribution in [2.45, 2.75) is 44.3 Å². The van der Waals surface area contributed by atoms with Gasteiger partial charge in [0.1, 0.15) is 0 Å². The highest BCUT2D eigenvalue weighted by Crippen LogP contribution is 2.38. The van der Waals surface area contributed by atoms with E-state index in [-0.39, 0.29) is 0 Å². The summed E-state index contributed by atoms with van der Waals surface area (Å²) < 4.78 is 5.26. The van der Waals surface area contributed by atoms with Gasteiger partial charge < -0.3 is 15.0 Å². The van der Waals surface area contributed by atoms with Crippen LogP contribution >= 0.6 is 11.6 Å². The van der Waals surface area contributed by atoms with E-state index < -0.39 is 0 Å². The minimum absolute atomic E-state index is 0.643. The highest BCUT2D eigenvalue weighted by atomic mass is 35.5. The Morgan fingerprint density at radius 3 is 2.75 bits per heavy atom. The number of para-hydroxylation sites is 1. The summed E-state index contributed by atoms with van der Waals surface area (Å²) in [6.07, 6.45) is 5.16. The van der Waals surface area contributed by atoms with Crippen LogP contribution in [-0.4, -0.2) is 32.3 Å². The van der Waals surface area contributed by atoms with Gasteiger partial charge in [-0.2, -0.15) is 0 Å². The summed E-state index contributed by atoms with van der Waals surface area (Å²) in [5.74, 6) is 0. The maximum Gasteiger partial charge on any atom is 0.0643 e. The van der Waals surface area contributed by atoms with Crippen molar-refractivity contribution < 1.29 is 4.74 Å². The molecular weight excluding hydrogens is 272 g/mol. The predicted molar refractivity (Wildman–Crippen MR) is 83.6 cm³/mol. The summed E-state index contributed by atoms with van der Waals surface area (Å²) in [6.45, 7) is 2.58. The number of nitrogens with one attached hydrogen (secondary N) is 1. The molecule has 1 N–H and O–H groups in total. The molecule has 0 atom stereocenters. The monoisotopic (exact) mass is 294 g/mol. The van der Waals surface area contributed by atoms with E-state index in [2.05, 4.69) is 22.3 Å². The van der Waals surface area contributed by atoms with Crippen molar-refractivity contribution in [3.05, 3.63) is 28.8 Å². The van der Waals surface area contributed by atoms with Gasteiger partial charge in [-0.15, -0.1) is 0 Å². The highest BCUT2D eigenvalue weighted by Gasteiger charge is 2.31. The molecule has 0 heterocycles. The van der Waals surface area contributed by atoms with Gasteiger partial charge in [-0.1, -0.05) is 23.7 Å². The molecule has 2 saturated carbocycles. The van der Waals surface area contributed by atoms with Crippen LogP contribution in [0.4, 0.5) is 5.69 Å². The van der Waals surface area contributed by atoms with Gasteiger partial charge in [-0.3, -0.25) is 0 Å². The van der Waals surface area contributed by atoms with Crippen molar-refractivity contribution in [2.24, 2.45) is 0 Å². The molecule has 0 unspecified atom stereocenters. The molecule has 0 saturated heterocycles. The normalized spacial score (nSPS) is 18.3. The predicted octanol–water partition coefficient (Wildman–Crippen LogP) is 3.21. The Morgan fingerprint density at radius 2 is 2.10 bits per heavy atom. The molecule has 3 nitrogen and oxygen atoms in total. The molecule has 0 aromatic heterocycles. The molecule has 3 rings (SSSR count). The van der Waals surface area contributed by atoms with Gasteiger partial charge in [0.05, 0.1) is 17.3 Å². The van der Waals surface area contributed by atoms with Crippen LogP contribution in [0.15, 0.2) is 18.2 Å². The van der Waals surface area contributed by atoms with E-state index >= 15 is 0 Å². The summed E-state index contributed by atoms with van der Waals surface area (Å²) in [5, 5.41) is 4.46. The van der Waals surface area contributed by atoms with E-state index in [0.717, 1.165) is 30.8 Å². The van der Waals surface area contributed by atoms with E-state index in [0.29, 0.717) is 6.04 Å². The second kappa shape index (κ2) is 6.33. The van der Waals surface area contributed by atoms with E-state index in [9.17, 15) is 0 Å². The fourth-order valence-electron chi connectivity index (χ4n) is 2.62. The third-order valence-corrected chi connectivity index (χ3v) is 4.35. The molecule has 0 bridgehead atoms. The highest BCUT2D eigenvalue weighted by molar-refractivity contribution is 6.33. The summed E-state index contributed by atoms with van der Waals surface area (Å²) in [7, 11) is 1.76. The van der Waals surface area contributed by atoms with Crippen molar-refractivity contribution in [1.29, 1.82) is 0 Å². The number of methoxy groups -OCH3 is 1. The minimum Gasteiger partial charge on any atom is -0.383 e. The largest absolute Gasteiger partial charge is 0.383 e. The molecule has 1 aromatic carbocycles. The van der Waals surface area contributed by atoms with Crippen LogP contribution in [-0.2, 0) is 11.3 Å². The molecule has 0 spiro atoms. The van der Waals surface area contributed by atoms with Crippen LogP contribution in [0.1, 0.15) is 31.2 Å². The number of anilines is 1. The summed E-state index contributed by atoms with van der Waals surface area (Å²) in [6, 6.07) is 7.61. The third kappa shape index (κ3) is 3.46. The Bertz CT molecular complexity index is 458. The first kappa shape index (κ1) is 14.2. The first-order valence-corrected chi connectivity index (χ1v) is 7.93. The van der Waals surface area contributed by atoms with Crippen LogP contribution in [0.25, 0.3) is 0 Å². The van der Waals surface area contributed by atoms with Crippen molar-refractivity contribution in [3.8, 4) is 0 Å². The molecule has 0 aliphatic heterocycles. The van der Waals surface area contributed by atoms with E-state index in [4.69, 9.17) is 16.3 Å². The Kier molecular flexibility index (Phi) is 4.49. The van der Waals surface area contributed by atoms with Crippen molar-refractivity contribution in [2.75, 3.05) is 25.2 Å². The average Bonchev–Trinajstić information content (AvgIpc) is 3.32. The molecule has 110 valence electrons. The molecule has 2 aliphatic rings. The molecule has 0 radical (unpaired) electrons. The molecule has 2 aliphatic carbocycles. The third-order valence-electron chi connectivity index (χ3n) is 4.04. The maximum absolute atomic E-state index is 6.50. The SMILES string of the molecule is COCCN(c1c(Cl)cccc1CNC1CC1)C1CC1. The van der Waals surface area contributed by atoms with Crippen LogP contribution < -0.4 is 10.2 Å². The fourth-order valence-corrected chi connectivity index (χ4v) is 2.92. The van der Waals surface area contributed by atoms with Gasteiger partial charge in [-0.05, 0) is 37.3 Å². The lowest BCUT2D eigenvalue weighted by atomic mass is 10.1. The molecule has 2 fully saturated rings. The average molecular weight is 295 g/mol. The van der Waals surface area contributed by atoms with Crippen molar-refractivity contribution >= 4 is 17.3 Å². The van der Waals surface area contributed by atoms with E-state index in [1.54, 1.807) is 7.11 Å². The lowest BCUT2D eigenvalue weighted by Gasteiger charge is -2.28. The van der Waals surface area contributed by atoms with E-state index in [1.807, 2.05) is 6.07 Å². The van der Waals surface area contributed by atoms with Crippen LogP contribution in [0, 0.1) is 0 Å². The van der Waals surface area contributed by atoms with Gasteiger partial charge in [0.15, 0.2) is 0 Å². The minimum atomic E-state index is 0.643. The lowest BCUT2D eigenvalue weighted by molar-refractivity contribution is 0.205. The first-order valence-electron chi connectivity index (χ1n) is 7.56. The molecule has 4 heteroatoms. The van der Waals surface area contributed by atoms with E-state index in [1.165, 1.54) is 36.9 Å². The zero-order chi connectivity index (χ0) is 13.9. The molecular formula is C16H23ClN2O. The Morgan fingerprint density at radius 1 is 1.30 bits per heavy atom. The zero-order valence-corrected chi connectivity index (χ0v) is 12.8. The smallest absolute Gasteiger partial charge is 0.0643 e. The van der Waals surface area contributed by atoms with Crippen LogP contribution in [0.3, 0.4) is 0 Å². The topological polar surface area (TPSA) is 24.5 Å². The van der Waals surface area contributed by atoms with Crippen LogP contribution in [0.5, 0.6) is 0 Å². The fraction of sp³-hybridized carbons (Fsp3) is 0.625. The van der Waals surface area contributed by atoms with Gasteiger partial charge >= 0.3 is 0 Å². The summed E-state index contributed by atoms with van der Waals surface area (Å²) in [4.78, 5) is 2.44. The van der Waals surface area contributed by atoms with Crippen LogP contribution in [0.2, 0.25) is 5.02 Å². The van der Waals surface area contributed by atoms with Gasteiger partial charge in [-0.25, -0.2) is 0 Å². The van der Waals surface area contributed by atoms with Gasteiger partial charge in [0.2, 0.25) is 0 Å². The zero-order valence-electron chi connectivity index (χ0n) is 12.1. The number of benzene rings is 1. The maximum atomic E-state index is 6.50. The van der Waals surface area contributed by atoms with Gasteiger partial charge in [0, 0.05) is 32.3 Å². The Hall–Kier alpha value is -0.770. The quantitative estimate of drug-likeness (QED) is 0.797. The Labute approximate surface area is 126 Å². The number of hydrogen-bond donors (Lipinski definition) is 1. The summed E-state index contributed by atoms with van der Waals surface area (Å²) >= 11 is 6.50. The second-order valence-electron chi connectivity index (χ2n) is 5.82. The number of rotatable bonds is 8. The number of nitrogens with zero attached hydrogens (tertiary/aromatic N) is 1. The number of halogens is 1. The van der Waals surface area contributed by atoms with Gasteiger partial charge in [0.25, 0.3) is 0 Å². The van der Waals surface area contributed by atoms with Crippen molar-refractivity contribution in [1.82, 2.24) is 5.32 Å². The molecule has 20 heavy (non-hydrogen) atoms. The standard InChI is InChI=1S/C16H23ClN2O/c1-20-10-9-19(14-7-8-14)16-12(3-2-4-15(16)17)11-18-13-5-6-13/h2-4,13-14,18H,5-11H2,1H3. The summed E-state index contributed by atoms with van der Waals surface area (Å²) in [5.41, 5.74) is 2.52. The molecule has 1 aromatic rings. The Balaban J connectivity index is 1.79. The lowest BCUT2D eigenvalue weighted by Crippen LogP contribution is -2.31. The number of ether oxygens (including phenoxy) is 1. The number of hydrogen-bond acceptors (Lipinski definition) is 3. The first-order chi connectivity index (χ1) is 9.79. The van der Waals surface area contributed by atoms with Crippen molar-refractivity contribution in [3.63, 3.8) is 0 Å². The molecule has 0 amide bonds. The second-order valence-corrected chi connectivity index (χ2v) is 6.23.